The summed E-state index contributed by atoms with van der Waals surface area (Å²) in [5.41, 5.74) is 0. The number of aliphatic hydroxyl groups excluding tert-OH is 1. The van der Waals surface area contributed by atoms with E-state index in [-0.39, 0.29) is 13.5 Å². The van der Waals surface area contributed by atoms with Gasteiger partial charge in [0.25, 0.3) is 0 Å². The van der Waals surface area contributed by atoms with Crippen LogP contribution in [-0.2, 0) is 0 Å². The number of hydrogen-bond acceptors (Lipinski definition) is 1. The number of fused-ring (bicyclic) bond motifs is 2. The molecule has 2 fully saturated rings. The lowest BCUT2D eigenvalue weighted by Crippen LogP contribution is -2.14. The highest BCUT2D eigenvalue weighted by Crippen LogP contribution is 2.44. The monoisotopic (exact) mass is 128 g/mol. The highest BCUT2D eigenvalue weighted by Gasteiger charge is 2.38. The Morgan fingerprint density at radius 2 is 1.89 bits per heavy atom. The van der Waals surface area contributed by atoms with Gasteiger partial charge in [-0.1, -0.05) is 7.43 Å². The molecule has 0 aromatic rings. The molecule has 3 unspecified atom stereocenters. The summed E-state index contributed by atoms with van der Waals surface area (Å²) < 4.78 is 0. The van der Waals surface area contributed by atoms with E-state index in [9.17, 15) is 5.11 Å². The van der Waals surface area contributed by atoms with Gasteiger partial charge in [0, 0.05) is 0 Å². The standard InChI is InChI=1S/C7H12O.CH4/c8-7-4-5-1-2-6(7)3-5;/h5-8H,1-4H2;1H4. The van der Waals surface area contributed by atoms with Crippen molar-refractivity contribution < 1.29 is 5.11 Å². The van der Waals surface area contributed by atoms with Crippen molar-refractivity contribution in [3.63, 3.8) is 0 Å². The van der Waals surface area contributed by atoms with Gasteiger partial charge in [0.15, 0.2) is 0 Å². The van der Waals surface area contributed by atoms with Crippen molar-refractivity contribution >= 4 is 0 Å². The summed E-state index contributed by atoms with van der Waals surface area (Å²) in [5, 5.41) is 9.22. The highest BCUT2D eigenvalue weighted by atomic mass is 16.3. The van der Waals surface area contributed by atoms with Gasteiger partial charge in [0.1, 0.15) is 0 Å². The topological polar surface area (TPSA) is 20.2 Å². The van der Waals surface area contributed by atoms with E-state index < -0.39 is 0 Å². The molecule has 0 spiro atoms. The molecular formula is C8H16O. The zero-order chi connectivity index (χ0) is 5.56. The van der Waals surface area contributed by atoms with Crippen molar-refractivity contribution in [3.05, 3.63) is 0 Å². The first-order chi connectivity index (χ1) is 3.86. The van der Waals surface area contributed by atoms with Gasteiger partial charge in [0.2, 0.25) is 0 Å². The maximum Gasteiger partial charge on any atom is 0.0571 e. The van der Waals surface area contributed by atoms with Gasteiger partial charge in [-0.2, -0.15) is 0 Å². The second kappa shape index (κ2) is 2.30. The predicted molar refractivity (Wildman–Crippen MR) is 38.2 cm³/mol. The molecule has 0 heterocycles. The Balaban J connectivity index is 0.000000405. The molecule has 0 radical (unpaired) electrons. The van der Waals surface area contributed by atoms with Gasteiger partial charge in [-0.05, 0) is 37.5 Å². The lowest BCUT2D eigenvalue weighted by atomic mass is 9.98. The largest absolute Gasteiger partial charge is 0.393 e. The lowest BCUT2D eigenvalue weighted by molar-refractivity contribution is 0.113. The van der Waals surface area contributed by atoms with Gasteiger partial charge in [0.05, 0.1) is 6.10 Å². The summed E-state index contributed by atoms with van der Waals surface area (Å²) in [4.78, 5) is 0. The number of hydrogen-bond donors (Lipinski definition) is 1. The molecule has 54 valence electrons. The molecule has 2 aliphatic rings. The van der Waals surface area contributed by atoms with Crippen LogP contribution in [0.5, 0.6) is 0 Å². The van der Waals surface area contributed by atoms with Crippen LogP contribution in [-0.4, -0.2) is 11.2 Å². The molecule has 2 rings (SSSR count). The SMILES string of the molecule is C.OC1CC2CCC1C2. The first-order valence-corrected chi connectivity index (χ1v) is 3.54. The second-order valence-corrected chi connectivity index (χ2v) is 3.24. The zero-order valence-corrected chi connectivity index (χ0v) is 5.01. The molecule has 9 heavy (non-hydrogen) atoms. The first-order valence-electron chi connectivity index (χ1n) is 3.54. The molecule has 0 saturated heterocycles. The molecule has 2 bridgehead atoms. The summed E-state index contributed by atoms with van der Waals surface area (Å²) in [5.74, 6) is 1.59. The Morgan fingerprint density at radius 3 is 2.11 bits per heavy atom. The number of rotatable bonds is 0. The molecule has 2 aliphatic carbocycles. The van der Waals surface area contributed by atoms with E-state index in [0.717, 1.165) is 12.3 Å². The summed E-state index contributed by atoms with van der Waals surface area (Å²) >= 11 is 0. The fourth-order valence-corrected chi connectivity index (χ4v) is 2.21. The van der Waals surface area contributed by atoms with Gasteiger partial charge in [-0.3, -0.25) is 0 Å². The van der Waals surface area contributed by atoms with Crippen LogP contribution in [0.1, 0.15) is 33.1 Å². The average molecular weight is 128 g/mol. The molecule has 0 aliphatic heterocycles. The Morgan fingerprint density at radius 1 is 1.11 bits per heavy atom. The van der Waals surface area contributed by atoms with Crippen LogP contribution in [0.15, 0.2) is 0 Å². The molecule has 0 aromatic heterocycles. The minimum atomic E-state index is 0. The molecule has 1 heteroatoms. The van der Waals surface area contributed by atoms with Crippen LogP contribution in [0.2, 0.25) is 0 Å². The average Bonchev–Trinajstić information content (AvgIpc) is 2.23. The van der Waals surface area contributed by atoms with Gasteiger partial charge in [-0.15, -0.1) is 0 Å². The third kappa shape index (κ3) is 0.983. The van der Waals surface area contributed by atoms with Crippen molar-refractivity contribution in [3.8, 4) is 0 Å². The summed E-state index contributed by atoms with van der Waals surface area (Å²) in [7, 11) is 0. The predicted octanol–water partition coefficient (Wildman–Crippen LogP) is 1.80. The molecular weight excluding hydrogens is 112 g/mol. The van der Waals surface area contributed by atoms with Crippen molar-refractivity contribution in [2.45, 2.75) is 39.2 Å². The molecule has 2 saturated carbocycles. The van der Waals surface area contributed by atoms with Crippen LogP contribution in [0.25, 0.3) is 0 Å². The van der Waals surface area contributed by atoms with Crippen LogP contribution in [0, 0.1) is 11.8 Å². The maximum absolute atomic E-state index is 9.22. The number of aliphatic hydroxyl groups is 1. The Labute approximate surface area is 57.1 Å². The fraction of sp³-hybridized carbons (Fsp3) is 1.00. The molecule has 3 atom stereocenters. The van der Waals surface area contributed by atoms with Crippen LogP contribution in [0.3, 0.4) is 0 Å². The molecule has 0 amide bonds. The zero-order valence-electron chi connectivity index (χ0n) is 5.01. The van der Waals surface area contributed by atoms with Crippen LogP contribution in [0.4, 0.5) is 0 Å². The van der Waals surface area contributed by atoms with Crippen LogP contribution >= 0.6 is 0 Å². The molecule has 1 N–H and O–H groups in total. The van der Waals surface area contributed by atoms with Gasteiger partial charge in [-0.25, -0.2) is 0 Å². The summed E-state index contributed by atoms with van der Waals surface area (Å²) in [6.45, 7) is 0. The van der Waals surface area contributed by atoms with E-state index in [0.29, 0.717) is 5.92 Å². The van der Waals surface area contributed by atoms with Crippen molar-refractivity contribution in [2.75, 3.05) is 0 Å². The van der Waals surface area contributed by atoms with E-state index >= 15 is 0 Å². The van der Waals surface area contributed by atoms with E-state index in [1.807, 2.05) is 0 Å². The lowest BCUT2D eigenvalue weighted by Gasteiger charge is -2.14. The van der Waals surface area contributed by atoms with Crippen molar-refractivity contribution in [1.82, 2.24) is 0 Å². The highest BCUT2D eigenvalue weighted by molar-refractivity contribution is 4.89. The Kier molecular flexibility index (Phi) is 1.80. The fourth-order valence-electron chi connectivity index (χ4n) is 2.21. The summed E-state index contributed by atoms with van der Waals surface area (Å²) in [6, 6.07) is 0. The first kappa shape index (κ1) is 7.07. The van der Waals surface area contributed by atoms with Crippen LogP contribution < -0.4 is 0 Å². The minimum absolute atomic E-state index is 0. The quantitative estimate of drug-likeness (QED) is 0.527. The third-order valence-corrected chi connectivity index (χ3v) is 2.70. The van der Waals surface area contributed by atoms with Crippen molar-refractivity contribution in [2.24, 2.45) is 11.8 Å². The molecule has 1 nitrogen and oxygen atoms in total. The van der Waals surface area contributed by atoms with Gasteiger partial charge >= 0.3 is 0 Å². The minimum Gasteiger partial charge on any atom is -0.393 e. The Bertz CT molecular complexity index is 98.7. The van der Waals surface area contributed by atoms with E-state index in [2.05, 4.69) is 0 Å². The summed E-state index contributed by atoms with van der Waals surface area (Å²) in [6.07, 6.45) is 5.19. The van der Waals surface area contributed by atoms with E-state index in [4.69, 9.17) is 0 Å². The van der Waals surface area contributed by atoms with Gasteiger partial charge < -0.3 is 5.11 Å². The maximum atomic E-state index is 9.22. The van der Waals surface area contributed by atoms with E-state index in [1.54, 1.807) is 0 Å². The second-order valence-electron chi connectivity index (χ2n) is 3.24. The third-order valence-electron chi connectivity index (χ3n) is 2.70. The van der Waals surface area contributed by atoms with E-state index in [1.165, 1.54) is 19.3 Å². The normalized spacial score (nSPS) is 47.0. The smallest absolute Gasteiger partial charge is 0.0571 e. The Hall–Kier alpha value is -0.0400. The molecule has 0 aromatic carbocycles. The van der Waals surface area contributed by atoms with Crippen molar-refractivity contribution in [1.29, 1.82) is 0 Å².